The summed E-state index contributed by atoms with van der Waals surface area (Å²) in [4.78, 5) is 9.80. The van der Waals surface area contributed by atoms with Crippen LogP contribution >= 0.6 is 0 Å². The van der Waals surface area contributed by atoms with Gasteiger partial charge in [-0.05, 0) is 47.1 Å². The van der Waals surface area contributed by atoms with Crippen molar-refractivity contribution >= 4 is 46.2 Å². The summed E-state index contributed by atoms with van der Waals surface area (Å²) in [5, 5.41) is 3.59. The molecule has 6 heteroatoms. The number of aromatic nitrogens is 3. The van der Waals surface area contributed by atoms with Crippen molar-refractivity contribution in [1.82, 2.24) is 14.5 Å². The van der Waals surface area contributed by atoms with Crippen LogP contribution in [-0.4, -0.2) is 22.6 Å². The predicted octanol–water partition coefficient (Wildman–Crippen LogP) is 13.1. The molecule has 0 spiro atoms. The summed E-state index contributed by atoms with van der Waals surface area (Å²) in [6, 6.07) is 65.1. The van der Waals surface area contributed by atoms with Crippen LogP contribution in [0.15, 0.2) is 180 Å². The van der Waals surface area contributed by atoms with Crippen molar-refractivity contribution in [3.8, 4) is 50.6 Å². The topological polar surface area (TPSA) is 43.9 Å². The standard InChI is InChI=1S/C37H23N2O.C15H18NSi.Ir/c1-3-13-25(14-4-1)27-18-11-19-28(26-15-5-2-6-16-26)35(27)39-33-23-9-8-22-32(33)38-37(39)31-21-12-20-30-29-17-7-10-24-34(29)40-36(30)31;1-12-10-14(13-8-6-5-7-9-13)16-11-15(12)17(2,3)4;/h1-20,22-24H;5-8,10-11H,1-4H3;/q2*-1;. The van der Waals surface area contributed by atoms with Crippen LogP contribution in [0.3, 0.4) is 0 Å². The number of benzene rings is 7. The molecule has 10 aromatic rings. The van der Waals surface area contributed by atoms with Gasteiger partial charge < -0.3 is 14.0 Å². The first-order chi connectivity index (χ1) is 27.8. The maximum absolute atomic E-state index is 6.47. The van der Waals surface area contributed by atoms with Crippen LogP contribution in [0.4, 0.5) is 0 Å². The van der Waals surface area contributed by atoms with Crippen LogP contribution in [0, 0.1) is 19.1 Å². The normalized spacial score (nSPS) is 11.3. The number of hydrogen-bond acceptors (Lipinski definition) is 3. The molecule has 3 aromatic heterocycles. The first-order valence-electron chi connectivity index (χ1n) is 19.3. The molecule has 0 unspecified atom stereocenters. The fraction of sp³-hybridized carbons (Fsp3) is 0.0769. The minimum absolute atomic E-state index is 0. The second-order valence-electron chi connectivity index (χ2n) is 15.3. The first-order valence-corrected chi connectivity index (χ1v) is 22.8. The molecule has 0 saturated carbocycles. The Bertz CT molecular complexity index is 2950. The summed E-state index contributed by atoms with van der Waals surface area (Å²) in [6.45, 7) is 9.24. The molecule has 10 rings (SSSR count). The van der Waals surface area contributed by atoms with E-state index in [1.54, 1.807) is 0 Å². The van der Waals surface area contributed by atoms with Gasteiger partial charge in [-0.15, -0.1) is 54.1 Å². The van der Waals surface area contributed by atoms with E-state index < -0.39 is 8.07 Å². The largest absolute Gasteiger partial charge is 0.501 e. The minimum atomic E-state index is -1.27. The molecule has 3 heterocycles. The molecule has 0 saturated heterocycles. The zero-order valence-electron chi connectivity index (χ0n) is 32.8. The van der Waals surface area contributed by atoms with Crippen molar-refractivity contribution in [3.05, 3.63) is 194 Å². The van der Waals surface area contributed by atoms with Gasteiger partial charge in [0.2, 0.25) is 0 Å². The third-order valence-corrected chi connectivity index (χ3v) is 12.6. The summed E-state index contributed by atoms with van der Waals surface area (Å²) in [7, 11) is -1.27. The van der Waals surface area contributed by atoms with E-state index in [0.29, 0.717) is 0 Å². The van der Waals surface area contributed by atoms with E-state index >= 15 is 0 Å². The van der Waals surface area contributed by atoms with Gasteiger partial charge in [-0.2, -0.15) is 0 Å². The van der Waals surface area contributed by atoms with Crippen LogP contribution < -0.4 is 5.19 Å². The Morgan fingerprint density at radius 2 is 1.28 bits per heavy atom. The SMILES string of the molecule is Cc1cc(-c2[c-]cccc2)ncc1[Si](C)(C)C.[Ir].[c-]1ccc2c(oc3ccccc32)c1-c1nc2ccccc2n1-c1c(-c2ccccc2)cccc1-c1ccccc1. The van der Waals surface area contributed by atoms with Crippen LogP contribution in [0.2, 0.25) is 19.6 Å². The monoisotopic (exact) mass is 944 g/mol. The zero-order chi connectivity index (χ0) is 38.9. The maximum Gasteiger partial charge on any atom is 0.120 e. The van der Waals surface area contributed by atoms with Crippen LogP contribution in [-0.2, 0) is 20.1 Å². The van der Waals surface area contributed by atoms with Gasteiger partial charge in [0.15, 0.2) is 0 Å². The van der Waals surface area contributed by atoms with E-state index in [1.807, 2.05) is 48.5 Å². The third-order valence-electron chi connectivity index (χ3n) is 10.5. The fourth-order valence-electron chi connectivity index (χ4n) is 7.80. The van der Waals surface area contributed by atoms with Gasteiger partial charge in [0.25, 0.3) is 0 Å². The molecular formula is C52H41IrN3OSi-2. The number of fused-ring (bicyclic) bond motifs is 4. The molecule has 0 aliphatic heterocycles. The van der Waals surface area contributed by atoms with E-state index in [0.717, 1.165) is 83.6 Å². The number of aryl methyl sites for hydroxylation is 1. The Balaban J connectivity index is 0.000000220. The van der Waals surface area contributed by atoms with E-state index in [9.17, 15) is 0 Å². The van der Waals surface area contributed by atoms with Gasteiger partial charge in [0.1, 0.15) is 5.58 Å². The minimum Gasteiger partial charge on any atom is -0.501 e. The molecule has 0 fully saturated rings. The summed E-state index contributed by atoms with van der Waals surface area (Å²) in [5.41, 5.74) is 13.5. The second kappa shape index (κ2) is 16.4. The third kappa shape index (κ3) is 7.38. The molecule has 0 bridgehead atoms. The van der Waals surface area contributed by atoms with Gasteiger partial charge >= 0.3 is 0 Å². The Morgan fingerprint density at radius 1 is 0.621 bits per heavy atom. The Hall–Kier alpha value is -6.17. The summed E-state index contributed by atoms with van der Waals surface area (Å²) in [6.07, 6.45) is 2.05. The van der Waals surface area contributed by atoms with Crippen LogP contribution in [0.1, 0.15) is 5.56 Å². The van der Waals surface area contributed by atoms with Crippen molar-refractivity contribution in [2.24, 2.45) is 0 Å². The van der Waals surface area contributed by atoms with Crippen LogP contribution in [0.25, 0.3) is 83.6 Å². The smallest absolute Gasteiger partial charge is 0.120 e. The molecule has 0 atom stereocenters. The van der Waals surface area contributed by atoms with Gasteiger partial charge in [0, 0.05) is 42.8 Å². The molecule has 0 amide bonds. The summed E-state index contributed by atoms with van der Waals surface area (Å²) in [5.74, 6) is 0.798. The van der Waals surface area contributed by atoms with Gasteiger partial charge in [0.05, 0.1) is 36.2 Å². The Labute approximate surface area is 354 Å². The van der Waals surface area contributed by atoms with E-state index in [1.165, 1.54) is 10.8 Å². The number of imidazole rings is 1. The molecule has 0 aliphatic rings. The maximum atomic E-state index is 6.47. The van der Waals surface area contributed by atoms with E-state index in [2.05, 4.69) is 176 Å². The molecule has 285 valence electrons. The fourth-order valence-corrected chi connectivity index (χ4v) is 9.51. The number of furan rings is 1. The summed E-state index contributed by atoms with van der Waals surface area (Å²) < 4.78 is 8.76. The molecule has 0 aliphatic carbocycles. The quantitative estimate of drug-likeness (QED) is 0.123. The average Bonchev–Trinajstić information content (AvgIpc) is 3.83. The average molecular weight is 944 g/mol. The number of rotatable bonds is 6. The van der Waals surface area contributed by atoms with Crippen molar-refractivity contribution in [3.63, 3.8) is 0 Å². The van der Waals surface area contributed by atoms with E-state index in [-0.39, 0.29) is 20.1 Å². The van der Waals surface area contributed by atoms with Gasteiger partial charge in [-0.25, -0.2) is 0 Å². The van der Waals surface area contributed by atoms with Gasteiger partial charge in [-0.3, -0.25) is 4.98 Å². The molecule has 1 radical (unpaired) electrons. The predicted molar refractivity (Wildman–Crippen MR) is 240 cm³/mol. The second-order valence-corrected chi connectivity index (χ2v) is 20.3. The first kappa shape index (κ1) is 38.7. The molecule has 58 heavy (non-hydrogen) atoms. The van der Waals surface area contributed by atoms with Crippen molar-refractivity contribution in [2.75, 3.05) is 0 Å². The number of hydrogen-bond donors (Lipinski definition) is 0. The van der Waals surface area contributed by atoms with Crippen LogP contribution in [0.5, 0.6) is 0 Å². The van der Waals surface area contributed by atoms with Crippen molar-refractivity contribution in [2.45, 2.75) is 26.6 Å². The number of nitrogens with zero attached hydrogens (tertiary/aromatic N) is 3. The zero-order valence-corrected chi connectivity index (χ0v) is 36.2. The van der Waals surface area contributed by atoms with Gasteiger partial charge in [-0.1, -0.05) is 151 Å². The van der Waals surface area contributed by atoms with Crippen molar-refractivity contribution in [1.29, 1.82) is 0 Å². The summed E-state index contributed by atoms with van der Waals surface area (Å²) >= 11 is 0. The number of para-hydroxylation sites is 4. The molecule has 4 nitrogen and oxygen atoms in total. The Morgan fingerprint density at radius 3 is 1.95 bits per heavy atom. The van der Waals surface area contributed by atoms with Crippen molar-refractivity contribution < 1.29 is 24.5 Å². The Kier molecular flexibility index (Phi) is 10.9. The van der Waals surface area contributed by atoms with E-state index in [4.69, 9.17) is 9.40 Å². The molecule has 0 N–H and O–H groups in total. The molecular weight excluding hydrogens is 903 g/mol. The molecule has 7 aromatic carbocycles. The number of pyridine rings is 1.